The summed E-state index contributed by atoms with van der Waals surface area (Å²) in [6.45, 7) is 6.83. The first kappa shape index (κ1) is 16.9. The zero-order valence-electron chi connectivity index (χ0n) is 13.5. The summed E-state index contributed by atoms with van der Waals surface area (Å²) in [7, 11) is 0. The molecule has 0 radical (unpaired) electrons. The molecule has 2 rings (SSSR count). The lowest BCUT2D eigenvalue weighted by Crippen LogP contribution is -2.63. The molecule has 1 N–H and O–H groups in total. The van der Waals surface area contributed by atoms with Crippen molar-refractivity contribution in [3.05, 3.63) is 29.8 Å². The third-order valence-corrected chi connectivity index (χ3v) is 5.08. The smallest absolute Gasteiger partial charge is 0.245 e. The number of carbonyl (C=O) groups excluding carboxylic acids is 2. The first-order valence-corrected chi connectivity index (χ1v) is 8.68. The predicted octanol–water partition coefficient (Wildman–Crippen LogP) is 2.60. The Morgan fingerprint density at radius 3 is 2.68 bits per heavy atom. The molecule has 1 heterocycles. The molecule has 1 aromatic carbocycles. The van der Waals surface area contributed by atoms with Crippen molar-refractivity contribution in [2.45, 2.75) is 44.0 Å². The van der Waals surface area contributed by atoms with Gasteiger partial charge in [0.15, 0.2) is 0 Å². The van der Waals surface area contributed by atoms with Crippen molar-refractivity contribution in [2.75, 3.05) is 18.8 Å². The molecule has 1 aromatic rings. The van der Waals surface area contributed by atoms with Crippen LogP contribution in [0.25, 0.3) is 0 Å². The molecule has 0 aromatic heterocycles. The molecule has 0 atom stereocenters. The molecule has 1 fully saturated rings. The number of hydrogen-bond donors (Lipinski definition) is 1. The first-order valence-electron chi connectivity index (χ1n) is 7.69. The van der Waals surface area contributed by atoms with Gasteiger partial charge in [-0.25, -0.2) is 0 Å². The summed E-state index contributed by atoms with van der Waals surface area (Å²) >= 11 is 1.77. The first-order chi connectivity index (χ1) is 10.4. The van der Waals surface area contributed by atoms with Crippen molar-refractivity contribution in [2.24, 2.45) is 0 Å². The zero-order chi connectivity index (χ0) is 16.2. The van der Waals surface area contributed by atoms with E-state index in [4.69, 9.17) is 0 Å². The number of benzene rings is 1. The van der Waals surface area contributed by atoms with Crippen molar-refractivity contribution in [3.63, 3.8) is 0 Å². The molecule has 1 aliphatic heterocycles. The van der Waals surface area contributed by atoms with E-state index in [2.05, 4.69) is 36.5 Å². The van der Waals surface area contributed by atoms with Crippen molar-refractivity contribution in [1.29, 1.82) is 0 Å². The van der Waals surface area contributed by atoms with E-state index in [9.17, 15) is 9.59 Å². The summed E-state index contributed by atoms with van der Waals surface area (Å²) in [5, 5.41) is 2.81. The lowest BCUT2D eigenvalue weighted by molar-refractivity contribution is -0.149. The molecule has 0 unspecified atom stereocenters. The highest BCUT2D eigenvalue weighted by Crippen LogP contribution is 2.22. The Hall–Kier alpha value is -1.49. The van der Waals surface area contributed by atoms with Gasteiger partial charge in [0.2, 0.25) is 11.8 Å². The normalized spacial score (nSPS) is 17.2. The van der Waals surface area contributed by atoms with Crippen molar-refractivity contribution in [1.82, 2.24) is 10.2 Å². The summed E-state index contributed by atoms with van der Waals surface area (Å²) in [4.78, 5) is 27.2. The van der Waals surface area contributed by atoms with Crippen molar-refractivity contribution >= 4 is 23.6 Å². The highest BCUT2D eigenvalue weighted by molar-refractivity contribution is 7.99. The van der Waals surface area contributed by atoms with E-state index >= 15 is 0 Å². The Balaban J connectivity index is 1.78. The van der Waals surface area contributed by atoms with Crippen LogP contribution in [0, 0.1) is 6.92 Å². The molecule has 4 nitrogen and oxygen atoms in total. The Morgan fingerprint density at radius 1 is 1.32 bits per heavy atom. The second kappa shape index (κ2) is 7.18. The van der Waals surface area contributed by atoms with Crippen LogP contribution in [0.5, 0.6) is 0 Å². The van der Waals surface area contributed by atoms with Gasteiger partial charge in [-0.3, -0.25) is 9.59 Å². The molecule has 1 saturated heterocycles. The Bertz CT molecular complexity index is 540. The van der Waals surface area contributed by atoms with Crippen LogP contribution in [0.15, 0.2) is 29.2 Å². The van der Waals surface area contributed by atoms with Gasteiger partial charge < -0.3 is 10.2 Å². The fourth-order valence-electron chi connectivity index (χ4n) is 2.52. The molecule has 22 heavy (non-hydrogen) atoms. The summed E-state index contributed by atoms with van der Waals surface area (Å²) in [5.41, 5.74) is 0.518. The summed E-state index contributed by atoms with van der Waals surface area (Å²) < 4.78 is 0. The summed E-state index contributed by atoms with van der Waals surface area (Å²) in [6.07, 6.45) is 1.32. The van der Waals surface area contributed by atoms with Crippen LogP contribution in [0.2, 0.25) is 0 Å². The third kappa shape index (κ3) is 4.03. The third-order valence-electron chi connectivity index (χ3n) is 3.98. The Kier molecular flexibility index (Phi) is 5.51. The summed E-state index contributed by atoms with van der Waals surface area (Å²) in [5.74, 6) is 0.917. The number of hydrogen-bond acceptors (Lipinski definition) is 3. The second-order valence-corrected chi connectivity index (χ2v) is 7.29. The minimum atomic E-state index is -0.737. The maximum Gasteiger partial charge on any atom is 0.245 e. The highest BCUT2D eigenvalue weighted by atomic mass is 32.2. The molecular formula is C17H24N2O2S. The van der Waals surface area contributed by atoms with Gasteiger partial charge in [-0.05, 0) is 45.1 Å². The largest absolute Gasteiger partial charge is 0.352 e. The van der Waals surface area contributed by atoms with Gasteiger partial charge in [0.25, 0.3) is 0 Å². The summed E-state index contributed by atoms with van der Waals surface area (Å²) in [6, 6.07) is 8.42. The molecule has 120 valence electrons. The van der Waals surface area contributed by atoms with E-state index < -0.39 is 5.54 Å². The number of aryl methyl sites for hydroxylation is 1. The van der Waals surface area contributed by atoms with E-state index in [1.165, 1.54) is 10.5 Å². The monoisotopic (exact) mass is 320 g/mol. The number of nitrogens with zero attached hydrogens (tertiary/aromatic N) is 1. The molecule has 1 aliphatic rings. The van der Waals surface area contributed by atoms with E-state index in [1.54, 1.807) is 30.5 Å². The van der Waals surface area contributed by atoms with Gasteiger partial charge in [0.05, 0.1) is 0 Å². The van der Waals surface area contributed by atoms with Gasteiger partial charge in [0.1, 0.15) is 5.54 Å². The molecule has 2 amide bonds. The number of piperazine rings is 1. The average Bonchev–Trinajstić information content (AvgIpc) is 2.48. The number of rotatable bonds is 5. The number of nitrogens with one attached hydrogen (secondary N) is 1. The minimum Gasteiger partial charge on any atom is -0.352 e. The fourth-order valence-corrected chi connectivity index (χ4v) is 3.37. The van der Waals surface area contributed by atoms with Crippen LogP contribution in [-0.2, 0) is 9.59 Å². The number of thioether (sulfide) groups is 1. The van der Waals surface area contributed by atoms with Crippen LogP contribution in [0.1, 0.15) is 32.3 Å². The van der Waals surface area contributed by atoms with Crippen LogP contribution in [-0.4, -0.2) is 41.1 Å². The molecule has 5 heteroatoms. The van der Waals surface area contributed by atoms with Gasteiger partial charge in [-0.1, -0.05) is 17.7 Å². The molecule has 0 saturated carbocycles. The Labute approximate surface area is 136 Å². The number of amides is 2. The topological polar surface area (TPSA) is 49.4 Å². The fraction of sp³-hybridized carbons (Fsp3) is 0.529. The van der Waals surface area contributed by atoms with Crippen LogP contribution in [0.4, 0.5) is 0 Å². The van der Waals surface area contributed by atoms with Crippen LogP contribution >= 0.6 is 11.8 Å². The maximum atomic E-state index is 12.4. The molecular weight excluding hydrogens is 296 g/mol. The van der Waals surface area contributed by atoms with E-state index in [0.29, 0.717) is 19.5 Å². The quantitative estimate of drug-likeness (QED) is 0.670. The van der Waals surface area contributed by atoms with E-state index in [-0.39, 0.29) is 11.8 Å². The SMILES string of the molecule is Cc1ccc(SCCCC(=O)N2CCNC(=O)C2(C)C)cc1. The van der Waals surface area contributed by atoms with Gasteiger partial charge in [-0.15, -0.1) is 11.8 Å². The predicted molar refractivity (Wildman–Crippen MR) is 89.9 cm³/mol. The lowest BCUT2D eigenvalue weighted by atomic mass is 9.98. The zero-order valence-corrected chi connectivity index (χ0v) is 14.3. The molecule has 0 bridgehead atoms. The van der Waals surface area contributed by atoms with Gasteiger partial charge in [0, 0.05) is 24.4 Å². The number of carbonyl (C=O) groups is 2. The standard InChI is InChI=1S/C17H24N2O2S/c1-13-6-8-14(9-7-13)22-12-4-5-15(20)19-11-10-18-16(21)17(19,2)3/h6-9H,4-5,10-12H2,1-3H3,(H,18,21). The second-order valence-electron chi connectivity index (χ2n) is 6.13. The Morgan fingerprint density at radius 2 is 2.00 bits per heavy atom. The van der Waals surface area contributed by atoms with Crippen molar-refractivity contribution in [3.8, 4) is 0 Å². The minimum absolute atomic E-state index is 0.0684. The molecule has 0 spiro atoms. The maximum absolute atomic E-state index is 12.4. The lowest BCUT2D eigenvalue weighted by Gasteiger charge is -2.41. The van der Waals surface area contributed by atoms with Crippen LogP contribution < -0.4 is 5.32 Å². The van der Waals surface area contributed by atoms with E-state index in [0.717, 1.165) is 12.2 Å². The highest BCUT2D eigenvalue weighted by Gasteiger charge is 2.39. The molecule has 0 aliphatic carbocycles. The van der Waals surface area contributed by atoms with E-state index in [1.807, 2.05) is 0 Å². The average molecular weight is 320 g/mol. The van der Waals surface area contributed by atoms with Crippen molar-refractivity contribution < 1.29 is 9.59 Å². The van der Waals surface area contributed by atoms with Gasteiger partial charge in [-0.2, -0.15) is 0 Å². The van der Waals surface area contributed by atoms with Gasteiger partial charge >= 0.3 is 0 Å². The van der Waals surface area contributed by atoms with Crippen LogP contribution in [0.3, 0.4) is 0 Å².